The molecule has 0 spiro atoms. The number of carbonyl (C=O) groups excluding carboxylic acids is 1. The lowest BCUT2D eigenvalue weighted by Gasteiger charge is -2.19. The molecule has 1 fully saturated rings. The number of hydrogen-bond donors (Lipinski definition) is 1. The Balaban J connectivity index is 1.72. The standard InChI is InChI=1S/C21H26N2O6/c1-20(2,3)29-19(26)23-17-8-6-14(9-15(17)11-22-23)5-7-16-10-21(16,18(24)25)12-28-13-27-4/h5-9,11,16H,10,12-13H2,1-4H3,(H,24,25)/b7-5+. The number of allylic oxidation sites excluding steroid dienone is 1. The van der Waals surface area contributed by atoms with Crippen LogP contribution in [0.5, 0.6) is 0 Å². The van der Waals surface area contributed by atoms with E-state index in [2.05, 4.69) is 5.10 Å². The SMILES string of the molecule is COCOCC1(C(=O)O)CC1/C=C/c1ccc2c(cnn2C(=O)OC(C)(C)C)c1. The van der Waals surface area contributed by atoms with E-state index in [0.29, 0.717) is 11.9 Å². The second-order valence-corrected chi connectivity index (χ2v) is 8.24. The van der Waals surface area contributed by atoms with Crippen molar-refractivity contribution in [1.29, 1.82) is 0 Å². The lowest BCUT2D eigenvalue weighted by Crippen LogP contribution is -2.27. The first-order valence-corrected chi connectivity index (χ1v) is 9.36. The zero-order valence-corrected chi connectivity index (χ0v) is 17.0. The minimum absolute atomic E-state index is 0.0732. The molecule has 1 aromatic heterocycles. The molecule has 156 valence electrons. The topological polar surface area (TPSA) is 99.9 Å². The Kier molecular flexibility index (Phi) is 5.77. The van der Waals surface area contributed by atoms with Crippen molar-refractivity contribution in [2.45, 2.75) is 32.8 Å². The predicted molar refractivity (Wildman–Crippen MR) is 106 cm³/mol. The van der Waals surface area contributed by atoms with Crippen LogP contribution in [0.2, 0.25) is 0 Å². The molecule has 1 aliphatic rings. The van der Waals surface area contributed by atoms with Crippen molar-refractivity contribution in [3.05, 3.63) is 36.0 Å². The molecule has 0 bridgehead atoms. The van der Waals surface area contributed by atoms with Crippen LogP contribution in [0.1, 0.15) is 32.8 Å². The van der Waals surface area contributed by atoms with Gasteiger partial charge in [0.25, 0.3) is 0 Å². The van der Waals surface area contributed by atoms with Crippen LogP contribution in [0.4, 0.5) is 4.79 Å². The Bertz CT molecular complexity index is 942. The van der Waals surface area contributed by atoms with Crippen molar-refractivity contribution in [3.8, 4) is 0 Å². The molecule has 2 aromatic rings. The molecule has 3 rings (SSSR count). The Hall–Kier alpha value is -2.71. The summed E-state index contributed by atoms with van der Waals surface area (Å²) in [4.78, 5) is 23.9. The van der Waals surface area contributed by atoms with Crippen LogP contribution in [-0.4, -0.2) is 53.1 Å². The van der Waals surface area contributed by atoms with Crippen LogP contribution in [0.25, 0.3) is 17.0 Å². The Labute approximate surface area is 169 Å². The van der Waals surface area contributed by atoms with Gasteiger partial charge in [0.05, 0.1) is 23.7 Å². The summed E-state index contributed by atoms with van der Waals surface area (Å²) in [6, 6.07) is 5.55. The van der Waals surface area contributed by atoms with Crippen LogP contribution in [0, 0.1) is 11.3 Å². The molecule has 8 heteroatoms. The van der Waals surface area contributed by atoms with Gasteiger partial charge < -0.3 is 19.3 Å². The molecule has 1 N–H and O–H groups in total. The molecule has 29 heavy (non-hydrogen) atoms. The third-order valence-corrected chi connectivity index (χ3v) is 4.80. The highest BCUT2D eigenvalue weighted by Crippen LogP contribution is 2.54. The van der Waals surface area contributed by atoms with Crippen molar-refractivity contribution >= 4 is 29.0 Å². The molecule has 1 aliphatic carbocycles. The summed E-state index contributed by atoms with van der Waals surface area (Å²) >= 11 is 0. The molecule has 0 radical (unpaired) electrons. The van der Waals surface area contributed by atoms with Gasteiger partial charge in [0.2, 0.25) is 0 Å². The number of aromatic nitrogens is 2. The van der Waals surface area contributed by atoms with E-state index >= 15 is 0 Å². The van der Waals surface area contributed by atoms with Crippen LogP contribution >= 0.6 is 0 Å². The van der Waals surface area contributed by atoms with Crippen molar-refractivity contribution in [3.63, 3.8) is 0 Å². The molecule has 0 aliphatic heterocycles. The van der Waals surface area contributed by atoms with Gasteiger partial charge in [0, 0.05) is 12.5 Å². The van der Waals surface area contributed by atoms with E-state index in [1.807, 2.05) is 24.3 Å². The van der Waals surface area contributed by atoms with Crippen LogP contribution < -0.4 is 0 Å². The summed E-state index contributed by atoms with van der Waals surface area (Å²) in [5, 5.41) is 14.5. The van der Waals surface area contributed by atoms with E-state index < -0.39 is 23.1 Å². The van der Waals surface area contributed by atoms with Crippen LogP contribution in [-0.2, 0) is 19.0 Å². The summed E-state index contributed by atoms with van der Waals surface area (Å²) in [6.07, 6.45) is 5.38. The normalized spacial score (nSPS) is 21.6. The number of rotatable bonds is 7. The number of benzene rings is 1. The number of nitrogens with zero attached hydrogens (tertiary/aromatic N) is 2. The Morgan fingerprint density at radius 3 is 2.79 bits per heavy atom. The van der Waals surface area contributed by atoms with Gasteiger partial charge in [-0.1, -0.05) is 18.2 Å². The van der Waals surface area contributed by atoms with Gasteiger partial charge in [0.15, 0.2) is 0 Å². The lowest BCUT2D eigenvalue weighted by atomic mass is 10.0. The largest absolute Gasteiger partial charge is 0.481 e. The number of fused-ring (bicyclic) bond motifs is 1. The number of hydrogen-bond acceptors (Lipinski definition) is 6. The zero-order valence-electron chi connectivity index (χ0n) is 17.0. The summed E-state index contributed by atoms with van der Waals surface area (Å²) in [6.45, 7) is 5.59. The molecule has 0 saturated heterocycles. The van der Waals surface area contributed by atoms with Crippen molar-refractivity contribution in [2.75, 3.05) is 20.5 Å². The third-order valence-electron chi connectivity index (χ3n) is 4.80. The van der Waals surface area contributed by atoms with E-state index in [9.17, 15) is 14.7 Å². The monoisotopic (exact) mass is 402 g/mol. The van der Waals surface area contributed by atoms with Gasteiger partial charge in [-0.3, -0.25) is 4.79 Å². The summed E-state index contributed by atoms with van der Waals surface area (Å²) in [7, 11) is 1.50. The fraction of sp³-hybridized carbons (Fsp3) is 0.476. The number of aliphatic carboxylic acids is 1. The second-order valence-electron chi connectivity index (χ2n) is 8.24. The zero-order chi connectivity index (χ0) is 21.2. The number of carboxylic acids is 1. The fourth-order valence-corrected chi connectivity index (χ4v) is 3.20. The first-order valence-electron chi connectivity index (χ1n) is 9.36. The summed E-state index contributed by atoms with van der Waals surface area (Å²) < 4.78 is 16.7. The van der Waals surface area contributed by atoms with Gasteiger partial charge >= 0.3 is 12.1 Å². The van der Waals surface area contributed by atoms with Gasteiger partial charge in [-0.15, -0.1) is 0 Å². The average Bonchev–Trinajstić information content (AvgIpc) is 3.18. The highest BCUT2D eigenvalue weighted by molar-refractivity contribution is 5.89. The second kappa shape index (κ2) is 7.96. The molecule has 1 aromatic carbocycles. The molecule has 1 heterocycles. The maximum atomic E-state index is 12.3. The maximum Gasteiger partial charge on any atom is 0.435 e. The van der Waals surface area contributed by atoms with E-state index in [0.717, 1.165) is 10.9 Å². The molecule has 0 amide bonds. The third kappa shape index (κ3) is 4.65. The summed E-state index contributed by atoms with van der Waals surface area (Å²) in [5.74, 6) is -0.964. The molecule has 2 atom stereocenters. The van der Waals surface area contributed by atoms with Gasteiger partial charge in [-0.25, -0.2) is 4.79 Å². The van der Waals surface area contributed by atoms with E-state index in [4.69, 9.17) is 14.2 Å². The van der Waals surface area contributed by atoms with Gasteiger partial charge in [-0.05, 0) is 50.8 Å². The minimum Gasteiger partial charge on any atom is -0.481 e. The van der Waals surface area contributed by atoms with Crippen molar-refractivity contribution in [2.24, 2.45) is 11.3 Å². The molecule has 1 saturated carbocycles. The number of methoxy groups -OCH3 is 1. The minimum atomic E-state index is -0.888. The fourth-order valence-electron chi connectivity index (χ4n) is 3.20. The molecular weight excluding hydrogens is 376 g/mol. The molecule has 8 nitrogen and oxygen atoms in total. The van der Waals surface area contributed by atoms with Crippen molar-refractivity contribution < 1.29 is 28.9 Å². The number of carboxylic acid groups (broad SMARTS) is 1. The van der Waals surface area contributed by atoms with E-state index in [-0.39, 0.29) is 19.3 Å². The number of ether oxygens (including phenoxy) is 3. The van der Waals surface area contributed by atoms with Crippen LogP contribution in [0.3, 0.4) is 0 Å². The van der Waals surface area contributed by atoms with E-state index in [1.54, 1.807) is 33.0 Å². The smallest absolute Gasteiger partial charge is 0.435 e. The predicted octanol–water partition coefficient (Wildman–Crippen LogP) is 3.54. The highest BCUT2D eigenvalue weighted by atomic mass is 16.7. The average molecular weight is 402 g/mol. The van der Waals surface area contributed by atoms with Gasteiger partial charge in [0.1, 0.15) is 12.4 Å². The van der Waals surface area contributed by atoms with E-state index in [1.165, 1.54) is 11.8 Å². The number of carbonyl (C=O) groups is 2. The Morgan fingerprint density at radius 1 is 1.38 bits per heavy atom. The van der Waals surface area contributed by atoms with Crippen LogP contribution in [0.15, 0.2) is 30.5 Å². The quantitative estimate of drug-likeness (QED) is 0.558. The molecule has 2 unspecified atom stereocenters. The summed E-state index contributed by atoms with van der Waals surface area (Å²) in [5.41, 5.74) is 0.0491. The highest BCUT2D eigenvalue weighted by Gasteiger charge is 2.59. The Morgan fingerprint density at radius 2 is 2.14 bits per heavy atom. The molecular formula is C21H26N2O6. The van der Waals surface area contributed by atoms with Gasteiger partial charge in [-0.2, -0.15) is 9.78 Å². The first kappa shape index (κ1) is 21.0. The first-order chi connectivity index (χ1) is 13.7. The van der Waals surface area contributed by atoms with Crippen molar-refractivity contribution in [1.82, 2.24) is 9.78 Å². The maximum absolute atomic E-state index is 12.3. The lowest BCUT2D eigenvalue weighted by molar-refractivity contribution is -0.148.